The number of rotatable bonds is 3. The second kappa shape index (κ2) is 5.90. The summed E-state index contributed by atoms with van der Waals surface area (Å²) in [6, 6.07) is 24.4. The van der Waals surface area contributed by atoms with Gasteiger partial charge in [0.1, 0.15) is 0 Å². The highest BCUT2D eigenvalue weighted by Crippen LogP contribution is 2.30. The van der Waals surface area contributed by atoms with Crippen molar-refractivity contribution in [2.75, 3.05) is 5.32 Å². The van der Waals surface area contributed by atoms with E-state index in [4.69, 9.17) is 16.6 Å². The van der Waals surface area contributed by atoms with E-state index < -0.39 is 0 Å². The van der Waals surface area contributed by atoms with Crippen molar-refractivity contribution in [3.8, 4) is 0 Å². The van der Waals surface area contributed by atoms with E-state index in [1.807, 2.05) is 48.5 Å². The fourth-order valence-corrected chi connectivity index (χ4v) is 2.95. The Hall–Kier alpha value is -2.58. The number of para-hydroxylation sites is 2. The van der Waals surface area contributed by atoms with Crippen LogP contribution in [0.25, 0.3) is 21.8 Å². The van der Waals surface area contributed by atoms with Crippen molar-refractivity contribution in [1.82, 2.24) is 4.98 Å². The monoisotopic (exact) mass is 318 g/mol. The first kappa shape index (κ1) is 14.0. The van der Waals surface area contributed by atoms with Gasteiger partial charge in [0.15, 0.2) is 0 Å². The van der Waals surface area contributed by atoms with Crippen molar-refractivity contribution in [2.45, 2.75) is 6.54 Å². The van der Waals surface area contributed by atoms with Crippen molar-refractivity contribution in [1.29, 1.82) is 0 Å². The lowest BCUT2D eigenvalue weighted by molar-refractivity contribution is 1.16. The Morgan fingerprint density at radius 1 is 0.739 bits per heavy atom. The third kappa shape index (κ3) is 2.73. The molecule has 0 amide bonds. The number of nitrogens with zero attached hydrogens (tertiary/aromatic N) is 1. The van der Waals surface area contributed by atoms with E-state index in [1.54, 1.807) is 0 Å². The largest absolute Gasteiger partial charge is 0.380 e. The minimum Gasteiger partial charge on any atom is -0.380 e. The Kier molecular flexibility index (Phi) is 3.60. The van der Waals surface area contributed by atoms with Crippen molar-refractivity contribution < 1.29 is 0 Å². The van der Waals surface area contributed by atoms with Crippen LogP contribution in [-0.4, -0.2) is 4.98 Å². The highest BCUT2D eigenvalue weighted by Gasteiger charge is 2.08. The van der Waals surface area contributed by atoms with Gasteiger partial charge < -0.3 is 5.32 Å². The van der Waals surface area contributed by atoms with Gasteiger partial charge in [-0.25, -0.2) is 4.98 Å². The SMILES string of the molecule is Clc1ccc(CNc2c3ccccc3nc3ccccc23)cc1. The van der Waals surface area contributed by atoms with Crippen LogP contribution in [0.3, 0.4) is 0 Å². The summed E-state index contributed by atoms with van der Waals surface area (Å²) in [5.41, 5.74) is 4.33. The molecule has 23 heavy (non-hydrogen) atoms. The van der Waals surface area contributed by atoms with Gasteiger partial charge in [0.25, 0.3) is 0 Å². The van der Waals surface area contributed by atoms with Crippen LogP contribution in [0.1, 0.15) is 5.56 Å². The predicted octanol–water partition coefficient (Wildman–Crippen LogP) is 5.65. The Morgan fingerprint density at radius 3 is 1.91 bits per heavy atom. The zero-order valence-corrected chi connectivity index (χ0v) is 13.2. The van der Waals surface area contributed by atoms with Crippen LogP contribution in [0.4, 0.5) is 5.69 Å². The van der Waals surface area contributed by atoms with Gasteiger partial charge in [-0.15, -0.1) is 0 Å². The van der Waals surface area contributed by atoms with Crippen LogP contribution in [0, 0.1) is 0 Å². The predicted molar refractivity (Wildman–Crippen MR) is 98.0 cm³/mol. The summed E-state index contributed by atoms with van der Waals surface area (Å²) in [6.45, 7) is 0.745. The lowest BCUT2D eigenvalue weighted by Gasteiger charge is -2.13. The first-order valence-corrected chi connectivity index (χ1v) is 7.95. The summed E-state index contributed by atoms with van der Waals surface area (Å²) in [5.74, 6) is 0. The van der Waals surface area contributed by atoms with Crippen molar-refractivity contribution >= 4 is 39.1 Å². The van der Waals surface area contributed by atoms with Gasteiger partial charge in [0, 0.05) is 22.3 Å². The molecule has 2 nitrogen and oxygen atoms in total. The molecule has 0 aliphatic rings. The molecule has 0 unspecified atom stereocenters. The topological polar surface area (TPSA) is 24.9 Å². The van der Waals surface area contributed by atoms with Gasteiger partial charge in [-0.1, -0.05) is 60.1 Å². The summed E-state index contributed by atoms with van der Waals surface area (Å²) < 4.78 is 0. The van der Waals surface area contributed by atoms with E-state index in [0.717, 1.165) is 39.1 Å². The fourth-order valence-electron chi connectivity index (χ4n) is 2.82. The maximum Gasteiger partial charge on any atom is 0.0730 e. The van der Waals surface area contributed by atoms with Gasteiger partial charge in [-0.2, -0.15) is 0 Å². The molecule has 3 heteroatoms. The van der Waals surface area contributed by atoms with E-state index in [-0.39, 0.29) is 0 Å². The molecule has 1 heterocycles. The van der Waals surface area contributed by atoms with Crippen molar-refractivity contribution in [3.63, 3.8) is 0 Å². The zero-order valence-electron chi connectivity index (χ0n) is 12.5. The number of pyridine rings is 1. The normalized spacial score (nSPS) is 11.0. The average Bonchev–Trinajstić information content (AvgIpc) is 2.60. The highest BCUT2D eigenvalue weighted by atomic mass is 35.5. The molecule has 1 aromatic heterocycles. The molecule has 0 aliphatic carbocycles. The quantitative estimate of drug-likeness (QED) is 0.493. The van der Waals surface area contributed by atoms with Crippen molar-refractivity contribution in [3.05, 3.63) is 83.4 Å². The van der Waals surface area contributed by atoms with Gasteiger partial charge in [0.05, 0.1) is 16.7 Å². The summed E-state index contributed by atoms with van der Waals surface area (Å²) in [5, 5.41) is 6.62. The van der Waals surface area contributed by atoms with Crippen LogP contribution < -0.4 is 5.32 Å². The molecule has 0 saturated heterocycles. The standard InChI is InChI=1S/C20H15ClN2/c21-15-11-9-14(10-12-15)13-22-20-16-5-1-3-7-18(16)23-19-8-4-2-6-17(19)20/h1-12H,13H2,(H,22,23). The third-order valence-corrected chi connectivity index (χ3v) is 4.22. The molecule has 0 fully saturated rings. The summed E-state index contributed by atoms with van der Waals surface area (Å²) in [6.07, 6.45) is 0. The van der Waals surface area contributed by atoms with E-state index in [0.29, 0.717) is 0 Å². The number of nitrogens with one attached hydrogen (secondary N) is 1. The number of fused-ring (bicyclic) bond motifs is 2. The van der Waals surface area contributed by atoms with Gasteiger partial charge in [-0.05, 0) is 29.8 Å². The Morgan fingerprint density at radius 2 is 1.30 bits per heavy atom. The summed E-state index contributed by atoms with van der Waals surface area (Å²) in [4.78, 5) is 4.75. The molecule has 4 rings (SSSR count). The van der Waals surface area contributed by atoms with Crippen LogP contribution in [0.5, 0.6) is 0 Å². The van der Waals surface area contributed by atoms with E-state index >= 15 is 0 Å². The molecule has 0 saturated carbocycles. The first-order chi connectivity index (χ1) is 11.3. The van der Waals surface area contributed by atoms with E-state index in [1.165, 1.54) is 5.56 Å². The van der Waals surface area contributed by atoms with E-state index in [2.05, 4.69) is 29.6 Å². The number of anilines is 1. The number of hydrogen-bond acceptors (Lipinski definition) is 2. The molecule has 0 bridgehead atoms. The second-order valence-corrected chi connectivity index (χ2v) is 5.94. The van der Waals surface area contributed by atoms with Gasteiger partial charge >= 0.3 is 0 Å². The fraction of sp³-hybridized carbons (Fsp3) is 0.0500. The minimum atomic E-state index is 0.745. The van der Waals surface area contributed by atoms with Crippen LogP contribution in [-0.2, 0) is 6.54 Å². The molecule has 0 radical (unpaired) electrons. The maximum atomic E-state index is 5.96. The number of hydrogen-bond donors (Lipinski definition) is 1. The number of halogens is 1. The van der Waals surface area contributed by atoms with Gasteiger partial charge in [0.2, 0.25) is 0 Å². The average molecular weight is 319 g/mol. The van der Waals surface area contributed by atoms with E-state index in [9.17, 15) is 0 Å². The Bertz CT molecular complexity index is 924. The lowest BCUT2D eigenvalue weighted by Crippen LogP contribution is -2.01. The molecule has 112 valence electrons. The molecule has 1 N–H and O–H groups in total. The number of benzene rings is 3. The van der Waals surface area contributed by atoms with Crippen molar-refractivity contribution in [2.24, 2.45) is 0 Å². The summed E-state index contributed by atoms with van der Waals surface area (Å²) in [7, 11) is 0. The maximum absolute atomic E-state index is 5.96. The first-order valence-electron chi connectivity index (χ1n) is 7.57. The van der Waals surface area contributed by atoms with Crippen LogP contribution >= 0.6 is 11.6 Å². The third-order valence-electron chi connectivity index (χ3n) is 3.97. The molecular weight excluding hydrogens is 304 g/mol. The summed E-state index contributed by atoms with van der Waals surface area (Å²) >= 11 is 5.96. The van der Waals surface area contributed by atoms with Gasteiger partial charge in [-0.3, -0.25) is 0 Å². The second-order valence-electron chi connectivity index (χ2n) is 5.50. The minimum absolute atomic E-state index is 0.745. The Labute approximate surface area is 139 Å². The molecule has 4 aromatic rings. The highest BCUT2D eigenvalue weighted by molar-refractivity contribution is 6.30. The zero-order chi connectivity index (χ0) is 15.6. The molecule has 0 spiro atoms. The number of aromatic nitrogens is 1. The molecule has 0 atom stereocenters. The molecule has 0 aliphatic heterocycles. The lowest BCUT2D eigenvalue weighted by atomic mass is 10.1. The van der Waals surface area contributed by atoms with Crippen LogP contribution in [0.2, 0.25) is 5.02 Å². The van der Waals surface area contributed by atoms with Crippen LogP contribution in [0.15, 0.2) is 72.8 Å². The Balaban J connectivity index is 1.81. The molecule has 3 aromatic carbocycles. The smallest absolute Gasteiger partial charge is 0.0730 e. The molecular formula is C20H15ClN2.